The van der Waals surface area contributed by atoms with Crippen LogP contribution in [-0.4, -0.2) is 35.8 Å². The Bertz CT molecular complexity index is 408. The summed E-state index contributed by atoms with van der Waals surface area (Å²) in [5.41, 5.74) is 0.526. The lowest BCUT2D eigenvalue weighted by atomic mass is 9.85. The molecule has 120 valence electrons. The van der Waals surface area contributed by atoms with Crippen molar-refractivity contribution in [1.82, 2.24) is 15.3 Å². The highest BCUT2D eigenvalue weighted by atomic mass is 16.5. The Morgan fingerprint density at radius 1 is 1.14 bits per heavy atom. The van der Waals surface area contributed by atoms with Crippen molar-refractivity contribution in [2.75, 3.05) is 20.3 Å². The number of ether oxygens (including phenoxy) is 2. The van der Waals surface area contributed by atoms with Gasteiger partial charge in [-0.1, -0.05) is 20.8 Å². The molecule has 1 atom stereocenters. The molecule has 0 radical (unpaired) electrons. The molecule has 1 N–H and O–H groups in total. The molecular formula is C16H29N3O2. The molecule has 1 unspecified atom stereocenters. The molecule has 0 aliphatic rings. The van der Waals surface area contributed by atoms with Crippen molar-refractivity contribution >= 4 is 0 Å². The summed E-state index contributed by atoms with van der Waals surface area (Å²) in [5.74, 6) is 0.567. The highest BCUT2D eigenvalue weighted by Crippen LogP contribution is 2.37. The molecule has 0 aromatic carbocycles. The van der Waals surface area contributed by atoms with Crippen molar-refractivity contribution in [3.8, 4) is 5.88 Å². The number of methoxy groups -OCH3 is 1. The molecule has 0 fully saturated rings. The minimum absolute atomic E-state index is 0.0314. The molecule has 0 aliphatic carbocycles. The number of nitrogens with one attached hydrogen (secondary N) is 1. The third kappa shape index (κ3) is 4.14. The number of hydrogen-bond donors (Lipinski definition) is 1. The average Bonchev–Trinajstić information content (AvgIpc) is 2.54. The summed E-state index contributed by atoms with van der Waals surface area (Å²) in [6, 6.07) is -0.0314. The molecule has 1 heterocycles. The van der Waals surface area contributed by atoms with E-state index in [1.807, 2.05) is 6.92 Å². The van der Waals surface area contributed by atoms with Crippen LogP contribution >= 0.6 is 0 Å². The van der Waals surface area contributed by atoms with Crippen molar-refractivity contribution in [1.29, 1.82) is 0 Å². The zero-order chi connectivity index (χ0) is 15.7. The van der Waals surface area contributed by atoms with Gasteiger partial charge in [0.2, 0.25) is 5.88 Å². The van der Waals surface area contributed by atoms with E-state index in [0.29, 0.717) is 12.5 Å². The van der Waals surface area contributed by atoms with Gasteiger partial charge in [0.1, 0.15) is 5.69 Å². The lowest BCUT2D eigenvalue weighted by Gasteiger charge is -2.39. The van der Waals surface area contributed by atoms with E-state index in [1.165, 1.54) is 0 Å². The third-order valence-corrected chi connectivity index (χ3v) is 3.91. The van der Waals surface area contributed by atoms with E-state index < -0.39 is 0 Å². The van der Waals surface area contributed by atoms with Crippen molar-refractivity contribution in [2.45, 2.75) is 58.6 Å². The summed E-state index contributed by atoms with van der Waals surface area (Å²) in [4.78, 5) is 8.80. The summed E-state index contributed by atoms with van der Waals surface area (Å²) in [5, 5.41) is 3.58. The maximum absolute atomic E-state index is 6.16. The summed E-state index contributed by atoms with van der Waals surface area (Å²) < 4.78 is 11.6. The largest absolute Gasteiger partial charge is 0.480 e. The fraction of sp³-hybridized carbons (Fsp3) is 0.750. The molecule has 0 saturated heterocycles. The van der Waals surface area contributed by atoms with Gasteiger partial charge in [-0.25, -0.2) is 4.98 Å². The van der Waals surface area contributed by atoms with E-state index in [4.69, 9.17) is 9.47 Å². The summed E-state index contributed by atoms with van der Waals surface area (Å²) >= 11 is 0. The first-order valence-corrected chi connectivity index (χ1v) is 7.91. The summed E-state index contributed by atoms with van der Waals surface area (Å²) in [7, 11) is 1.63. The second-order valence-electron chi connectivity index (χ2n) is 5.04. The van der Waals surface area contributed by atoms with Crippen molar-refractivity contribution < 1.29 is 9.47 Å². The van der Waals surface area contributed by atoms with Crippen molar-refractivity contribution in [3.05, 3.63) is 18.1 Å². The van der Waals surface area contributed by atoms with Gasteiger partial charge in [0, 0.05) is 19.0 Å². The maximum atomic E-state index is 6.16. The molecule has 0 amide bonds. The SMILES string of the molecule is CCCNC(c1nccnc1OC)C(CC)(CC)OCC. The standard InChI is InChI=1S/C16H29N3O2/c1-6-10-18-14(16(7-2,8-3)21-9-4)13-15(20-5)19-12-11-17-13/h11-12,14,18H,6-10H2,1-5H3. The normalized spacial score (nSPS) is 13.2. The molecule has 0 spiro atoms. The molecule has 5 heteroatoms. The molecular weight excluding hydrogens is 266 g/mol. The van der Waals surface area contributed by atoms with Crippen LogP contribution in [0.2, 0.25) is 0 Å². The number of nitrogens with zero attached hydrogens (tertiary/aromatic N) is 2. The Labute approximate surface area is 128 Å². The predicted molar refractivity (Wildman–Crippen MR) is 84.6 cm³/mol. The third-order valence-electron chi connectivity index (χ3n) is 3.91. The molecule has 1 rings (SSSR count). The molecule has 1 aromatic rings. The Balaban J connectivity index is 3.25. The van der Waals surface area contributed by atoms with Gasteiger partial charge in [-0.3, -0.25) is 4.98 Å². The molecule has 5 nitrogen and oxygen atoms in total. The Morgan fingerprint density at radius 3 is 2.33 bits per heavy atom. The zero-order valence-corrected chi connectivity index (χ0v) is 14.0. The fourth-order valence-electron chi connectivity index (χ4n) is 2.74. The fourth-order valence-corrected chi connectivity index (χ4v) is 2.74. The first-order valence-electron chi connectivity index (χ1n) is 7.91. The van der Waals surface area contributed by atoms with Crippen LogP contribution in [0.25, 0.3) is 0 Å². The molecule has 21 heavy (non-hydrogen) atoms. The Kier molecular flexibility index (Phi) is 7.61. The van der Waals surface area contributed by atoms with E-state index in [0.717, 1.165) is 31.5 Å². The molecule has 0 aliphatic heterocycles. The van der Waals surface area contributed by atoms with E-state index in [2.05, 4.69) is 36.1 Å². The Morgan fingerprint density at radius 2 is 1.81 bits per heavy atom. The monoisotopic (exact) mass is 295 g/mol. The zero-order valence-electron chi connectivity index (χ0n) is 14.0. The van der Waals surface area contributed by atoms with Gasteiger partial charge in [0.25, 0.3) is 0 Å². The molecule has 0 bridgehead atoms. The summed E-state index contributed by atoms with van der Waals surface area (Å²) in [6.07, 6.45) is 6.21. The van der Waals surface area contributed by atoms with Crippen LogP contribution in [0, 0.1) is 0 Å². The summed E-state index contributed by atoms with van der Waals surface area (Å²) in [6.45, 7) is 10.1. The lowest BCUT2D eigenvalue weighted by Crippen LogP contribution is -2.46. The van der Waals surface area contributed by atoms with Gasteiger partial charge in [-0.15, -0.1) is 0 Å². The maximum Gasteiger partial charge on any atom is 0.237 e. The molecule has 0 saturated carbocycles. The van der Waals surface area contributed by atoms with E-state index in [-0.39, 0.29) is 11.6 Å². The van der Waals surface area contributed by atoms with Gasteiger partial charge >= 0.3 is 0 Å². The Hall–Kier alpha value is -1.20. The topological polar surface area (TPSA) is 56.3 Å². The average molecular weight is 295 g/mol. The van der Waals surface area contributed by atoms with Crippen LogP contribution in [0.1, 0.15) is 58.7 Å². The van der Waals surface area contributed by atoms with Crippen LogP contribution in [0.5, 0.6) is 5.88 Å². The van der Waals surface area contributed by atoms with Crippen molar-refractivity contribution in [3.63, 3.8) is 0 Å². The van der Waals surface area contributed by atoms with E-state index >= 15 is 0 Å². The highest BCUT2D eigenvalue weighted by molar-refractivity contribution is 5.24. The first-order chi connectivity index (χ1) is 10.2. The minimum Gasteiger partial charge on any atom is -0.480 e. The quantitative estimate of drug-likeness (QED) is 0.718. The van der Waals surface area contributed by atoms with Crippen LogP contribution < -0.4 is 10.1 Å². The van der Waals surface area contributed by atoms with Gasteiger partial charge in [0.15, 0.2) is 0 Å². The van der Waals surface area contributed by atoms with Crippen LogP contribution in [-0.2, 0) is 4.74 Å². The van der Waals surface area contributed by atoms with Crippen LogP contribution in [0.3, 0.4) is 0 Å². The van der Waals surface area contributed by atoms with Gasteiger partial charge in [-0.05, 0) is 32.7 Å². The van der Waals surface area contributed by atoms with E-state index in [9.17, 15) is 0 Å². The first kappa shape index (κ1) is 17.9. The second-order valence-corrected chi connectivity index (χ2v) is 5.04. The molecule has 1 aromatic heterocycles. The van der Waals surface area contributed by atoms with Crippen molar-refractivity contribution in [2.24, 2.45) is 0 Å². The van der Waals surface area contributed by atoms with Crippen LogP contribution in [0.4, 0.5) is 0 Å². The number of aromatic nitrogens is 2. The van der Waals surface area contributed by atoms with Gasteiger partial charge in [-0.2, -0.15) is 0 Å². The minimum atomic E-state index is -0.298. The number of hydrogen-bond acceptors (Lipinski definition) is 5. The van der Waals surface area contributed by atoms with Crippen LogP contribution in [0.15, 0.2) is 12.4 Å². The lowest BCUT2D eigenvalue weighted by molar-refractivity contribution is -0.0747. The highest BCUT2D eigenvalue weighted by Gasteiger charge is 2.40. The predicted octanol–water partition coefficient (Wildman–Crippen LogP) is 3.12. The van der Waals surface area contributed by atoms with E-state index in [1.54, 1.807) is 19.5 Å². The van der Waals surface area contributed by atoms with Gasteiger partial charge in [0.05, 0.1) is 18.8 Å². The smallest absolute Gasteiger partial charge is 0.237 e. The number of rotatable bonds is 10. The second kappa shape index (κ2) is 8.95. The van der Waals surface area contributed by atoms with Gasteiger partial charge < -0.3 is 14.8 Å².